The molecule has 0 amide bonds. The van der Waals surface area contributed by atoms with Crippen molar-refractivity contribution in [2.75, 3.05) is 0 Å². The average molecular weight is 149 g/mol. The zero-order chi connectivity index (χ0) is 7.28. The SMILES string of the molecule is CCC(C)CCC(=O)Cl. The molecule has 0 fully saturated rings. The van der Waals surface area contributed by atoms with Crippen LogP contribution in [0.15, 0.2) is 0 Å². The first-order valence-corrected chi connectivity index (χ1v) is 3.73. The van der Waals surface area contributed by atoms with Gasteiger partial charge in [0.25, 0.3) is 0 Å². The molecule has 0 rings (SSSR count). The molecule has 0 aromatic heterocycles. The Balaban J connectivity index is 3.16. The van der Waals surface area contributed by atoms with Crippen LogP contribution in [0.2, 0.25) is 0 Å². The Kier molecular flexibility index (Phi) is 4.78. The van der Waals surface area contributed by atoms with E-state index in [2.05, 4.69) is 13.8 Å². The molecular formula is C7H13ClO. The minimum atomic E-state index is -0.213. The Labute approximate surface area is 61.4 Å². The lowest BCUT2D eigenvalue weighted by atomic mass is 10.0. The zero-order valence-corrected chi connectivity index (χ0v) is 6.74. The molecule has 0 aliphatic rings. The summed E-state index contributed by atoms with van der Waals surface area (Å²) in [6, 6.07) is 0. The van der Waals surface area contributed by atoms with Crippen LogP contribution in [0, 0.1) is 5.92 Å². The molecule has 0 saturated carbocycles. The normalized spacial score (nSPS) is 13.2. The third-order valence-electron chi connectivity index (χ3n) is 1.53. The molecule has 0 radical (unpaired) electrons. The van der Waals surface area contributed by atoms with Crippen molar-refractivity contribution < 1.29 is 4.79 Å². The highest BCUT2D eigenvalue weighted by Crippen LogP contribution is 2.09. The summed E-state index contributed by atoms with van der Waals surface area (Å²) in [6.07, 6.45) is 2.58. The maximum absolute atomic E-state index is 10.2. The fourth-order valence-corrected chi connectivity index (χ4v) is 0.673. The Morgan fingerprint density at radius 2 is 2.22 bits per heavy atom. The lowest BCUT2D eigenvalue weighted by Gasteiger charge is -2.03. The van der Waals surface area contributed by atoms with E-state index in [0.717, 1.165) is 12.8 Å². The predicted octanol–water partition coefficient (Wildman–Crippen LogP) is 2.58. The van der Waals surface area contributed by atoms with Gasteiger partial charge in [0.2, 0.25) is 5.24 Å². The van der Waals surface area contributed by atoms with Crippen LogP contribution in [0.4, 0.5) is 0 Å². The molecule has 0 heterocycles. The molecule has 0 aliphatic carbocycles. The van der Waals surface area contributed by atoms with Crippen LogP contribution in [0.5, 0.6) is 0 Å². The fourth-order valence-electron chi connectivity index (χ4n) is 0.564. The lowest BCUT2D eigenvalue weighted by molar-refractivity contribution is -0.111. The standard InChI is InChI=1S/C7H13ClO/c1-3-6(2)4-5-7(8)9/h6H,3-5H2,1-2H3. The number of carbonyl (C=O) groups excluding carboxylic acids is 1. The van der Waals surface area contributed by atoms with Crippen LogP contribution in [0.1, 0.15) is 33.1 Å². The van der Waals surface area contributed by atoms with Crippen LogP contribution >= 0.6 is 11.6 Å². The van der Waals surface area contributed by atoms with E-state index >= 15 is 0 Å². The smallest absolute Gasteiger partial charge is 0.221 e. The van der Waals surface area contributed by atoms with E-state index in [9.17, 15) is 4.79 Å². The third kappa shape index (κ3) is 5.84. The largest absolute Gasteiger partial charge is 0.281 e. The number of halogens is 1. The number of hydrogen-bond donors (Lipinski definition) is 0. The molecule has 1 unspecified atom stereocenters. The molecule has 9 heavy (non-hydrogen) atoms. The molecule has 0 aromatic rings. The van der Waals surface area contributed by atoms with Crippen LogP contribution in [0.3, 0.4) is 0 Å². The molecular weight excluding hydrogens is 136 g/mol. The second kappa shape index (κ2) is 4.80. The Morgan fingerprint density at radius 1 is 1.67 bits per heavy atom. The van der Waals surface area contributed by atoms with Gasteiger partial charge in [0.1, 0.15) is 0 Å². The van der Waals surface area contributed by atoms with E-state index in [1.54, 1.807) is 0 Å². The van der Waals surface area contributed by atoms with Crippen molar-refractivity contribution in [3.05, 3.63) is 0 Å². The molecule has 0 aromatic carbocycles. The molecule has 0 spiro atoms. The van der Waals surface area contributed by atoms with E-state index in [1.165, 1.54) is 0 Å². The monoisotopic (exact) mass is 148 g/mol. The lowest BCUT2D eigenvalue weighted by Crippen LogP contribution is -1.94. The first-order valence-electron chi connectivity index (χ1n) is 3.35. The minimum absolute atomic E-state index is 0.213. The highest BCUT2D eigenvalue weighted by molar-refractivity contribution is 6.63. The second-order valence-corrected chi connectivity index (χ2v) is 2.83. The molecule has 1 nitrogen and oxygen atoms in total. The summed E-state index contributed by atoms with van der Waals surface area (Å²) >= 11 is 5.14. The summed E-state index contributed by atoms with van der Waals surface area (Å²) < 4.78 is 0. The van der Waals surface area contributed by atoms with E-state index < -0.39 is 0 Å². The van der Waals surface area contributed by atoms with Gasteiger partial charge in [-0.15, -0.1) is 0 Å². The molecule has 2 heteroatoms. The zero-order valence-electron chi connectivity index (χ0n) is 5.98. The van der Waals surface area contributed by atoms with E-state index in [1.807, 2.05) is 0 Å². The van der Waals surface area contributed by atoms with E-state index in [4.69, 9.17) is 11.6 Å². The fraction of sp³-hybridized carbons (Fsp3) is 0.857. The molecule has 1 atom stereocenters. The van der Waals surface area contributed by atoms with Gasteiger partial charge >= 0.3 is 0 Å². The molecule has 0 saturated heterocycles. The van der Waals surface area contributed by atoms with Gasteiger partial charge < -0.3 is 0 Å². The topological polar surface area (TPSA) is 17.1 Å². The van der Waals surface area contributed by atoms with Gasteiger partial charge in [-0.2, -0.15) is 0 Å². The highest BCUT2D eigenvalue weighted by Gasteiger charge is 2.00. The van der Waals surface area contributed by atoms with Crippen molar-refractivity contribution in [2.45, 2.75) is 33.1 Å². The van der Waals surface area contributed by atoms with Crippen molar-refractivity contribution in [1.82, 2.24) is 0 Å². The van der Waals surface area contributed by atoms with Crippen molar-refractivity contribution >= 4 is 16.8 Å². The maximum atomic E-state index is 10.2. The van der Waals surface area contributed by atoms with Gasteiger partial charge in [-0.05, 0) is 23.9 Å². The minimum Gasteiger partial charge on any atom is -0.281 e. The number of hydrogen-bond acceptors (Lipinski definition) is 1. The van der Waals surface area contributed by atoms with E-state index in [-0.39, 0.29) is 5.24 Å². The maximum Gasteiger partial charge on any atom is 0.221 e. The quantitative estimate of drug-likeness (QED) is 0.560. The van der Waals surface area contributed by atoms with Gasteiger partial charge in [-0.3, -0.25) is 4.79 Å². The first kappa shape index (κ1) is 8.96. The van der Waals surface area contributed by atoms with Crippen molar-refractivity contribution in [2.24, 2.45) is 5.92 Å². The summed E-state index contributed by atoms with van der Waals surface area (Å²) in [4.78, 5) is 10.2. The Morgan fingerprint density at radius 3 is 2.56 bits per heavy atom. The third-order valence-corrected chi connectivity index (χ3v) is 1.72. The predicted molar refractivity (Wildman–Crippen MR) is 39.5 cm³/mol. The van der Waals surface area contributed by atoms with E-state index in [0.29, 0.717) is 12.3 Å². The summed E-state index contributed by atoms with van der Waals surface area (Å²) in [5.74, 6) is 0.632. The van der Waals surface area contributed by atoms with Crippen molar-refractivity contribution in [3.63, 3.8) is 0 Å². The first-order chi connectivity index (χ1) is 4.16. The average Bonchev–Trinajstić information content (AvgIpc) is 1.83. The van der Waals surface area contributed by atoms with Crippen LogP contribution in [0.25, 0.3) is 0 Å². The van der Waals surface area contributed by atoms with Gasteiger partial charge in [-0.1, -0.05) is 20.3 Å². The molecule has 0 aliphatic heterocycles. The van der Waals surface area contributed by atoms with Crippen molar-refractivity contribution in [3.8, 4) is 0 Å². The second-order valence-electron chi connectivity index (χ2n) is 2.41. The van der Waals surface area contributed by atoms with Gasteiger partial charge in [0.15, 0.2) is 0 Å². The van der Waals surface area contributed by atoms with Crippen LogP contribution in [-0.4, -0.2) is 5.24 Å². The number of carbonyl (C=O) groups is 1. The molecule has 54 valence electrons. The molecule has 0 N–H and O–H groups in total. The summed E-state index contributed by atoms with van der Waals surface area (Å²) in [5, 5.41) is -0.213. The summed E-state index contributed by atoms with van der Waals surface area (Å²) in [7, 11) is 0. The van der Waals surface area contributed by atoms with Crippen LogP contribution < -0.4 is 0 Å². The van der Waals surface area contributed by atoms with Gasteiger partial charge in [0, 0.05) is 6.42 Å². The molecule has 0 bridgehead atoms. The summed E-state index contributed by atoms with van der Waals surface area (Å²) in [5.41, 5.74) is 0. The van der Waals surface area contributed by atoms with Crippen molar-refractivity contribution in [1.29, 1.82) is 0 Å². The Bertz CT molecular complexity index is 90.9. The van der Waals surface area contributed by atoms with Gasteiger partial charge in [-0.25, -0.2) is 0 Å². The highest BCUT2D eigenvalue weighted by atomic mass is 35.5. The van der Waals surface area contributed by atoms with Gasteiger partial charge in [0.05, 0.1) is 0 Å². The summed E-state index contributed by atoms with van der Waals surface area (Å²) in [6.45, 7) is 4.24. The number of rotatable bonds is 4. The van der Waals surface area contributed by atoms with Crippen LogP contribution in [-0.2, 0) is 4.79 Å². The Hall–Kier alpha value is -0.0400.